The van der Waals surface area contributed by atoms with Gasteiger partial charge in [0.05, 0.1) is 7.11 Å². The molecule has 5 nitrogen and oxygen atoms in total. The number of nitrogens with one attached hydrogen (secondary N) is 1. The van der Waals surface area contributed by atoms with Gasteiger partial charge in [0.1, 0.15) is 5.54 Å². The number of hydrogen-bond acceptors (Lipinski definition) is 5. The zero-order chi connectivity index (χ0) is 15.5. The summed E-state index contributed by atoms with van der Waals surface area (Å²) in [6, 6.07) is 1.23. The third-order valence-corrected chi connectivity index (χ3v) is 5.33. The summed E-state index contributed by atoms with van der Waals surface area (Å²) in [5, 5.41) is 3.40. The van der Waals surface area contributed by atoms with Crippen molar-refractivity contribution in [2.24, 2.45) is 0 Å². The highest BCUT2D eigenvalue weighted by Crippen LogP contribution is 2.35. The van der Waals surface area contributed by atoms with Crippen molar-refractivity contribution in [3.05, 3.63) is 0 Å². The van der Waals surface area contributed by atoms with E-state index in [4.69, 9.17) is 4.74 Å². The fourth-order valence-electron chi connectivity index (χ4n) is 4.05. The van der Waals surface area contributed by atoms with E-state index in [-0.39, 0.29) is 5.97 Å². The minimum absolute atomic E-state index is 0.0879. The van der Waals surface area contributed by atoms with Crippen molar-refractivity contribution in [1.29, 1.82) is 0 Å². The Balaban J connectivity index is 1.94. The van der Waals surface area contributed by atoms with Gasteiger partial charge in [-0.1, -0.05) is 6.92 Å². The largest absolute Gasteiger partial charge is 0.468 e. The molecule has 2 atom stereocenters. The van der Waals surface area contributed by atoms with Crippen molar-refractivity contribution in [1.82, 2.24) is 15.1 Å². The molecule has 1 N–H and O–H groups in total. The molecule has 122 valence electrons. The molecule has 0 bridgehead atoms. The molecule has 1 saturated heterocycles. The quantitative estimate of drug-likeness (QED) is 0.770. The molecule has 1 aliphatic heterocycles. The number of carbonyl (C=O) groups is 1. The van der Waals surface area contributed by atoms with Crippen LogP contribution in [-0.4, -0.2) is 74.2 Å². The fraction of sp³-hybridized carbons (Fsp3) is 0.938. The molecule has 1 saturated carbocycles. The van der Waals surface area contributed by atoms with Gasteiger partial charge in [-0.15, -0.1) is 0 Å². The van der Waals surface area contributed by atoms with Gasteiger partial charge in [0.15, 0.2) is 0 Å². The first-order valence-electron chi connectivity index (χ1n) is 8.26. The Labute approximate surface area is 129 Å². The zero-order valence-electron chi connectivity index (χ0n) is 14.0. The van der Waals surface area contributed by atoms with E-state index in [2.05, 4.69) is 36.1 Å². The van der Waals surface area contributed by atoms with Crippen LogP contribution in [0.4, 0.5) is 0 Å². The van der Waals surface area contributed by atoms with Crippen LogP contribution in [0.25, 0.3) is 0 Å². The summed E-state index contributed by atoms with van der Waals surface area (Å²) in [5.41, 5.74) is -0.452. The summed E-state index contributed by atoms with van der Waals surface area (Å²) in [5.74, 6) is -0.0879. The Kier molecular flexibility index (Phi) is 5.63. The molecule has 2 rings (SSSR count). The lowest BCUT2D eigenvalue weighted by Crippen LogP contribution is -2.52. The van der Waals surface area contributed by atoms with Gasteiger partial charge in [-0.3, -0.25) is 4.79 Å². The van der Waals surface area contributed by atoms with Crippen LogP contribution < -0.4 is 5.32 Å². The number of carbonyl (C=O) groups excluding carboxylic acids is 1. The van der Waals surface area contributed by atoms with Gasteiger partial charge >= 0.3 is 5.97 Å². The second-order valence-corrected chi connectivity index (χ2v) is 6.73. The van der Waals surface area contributed by atoms with Crippen molar-refractivity contribution in [2.75, 3.05) is 40.8 Å². The fourth-order valence-corrected chi connectivity index (χ4v) is 4.05. The molecule has 1 aliphatic carbocycles. The molecule has 5 heteroatoms. The number of piperidine rings is 1. The zero-order valence-corrected chi connectivity index (χ0v) is 14.0. The minimum atomic E-state index is -0.452. The molecule has 0 spiro atoms. The summed E-state index contributed by atoms with van der Waals surface area (Å²) >= 11 is 0. The summed E-state index contributed by atoms with van der Waals surface area (Å²) < 4.78 is 5.05. The van der Waals surface area contributed by atoms with E-state index in [0.717, 1.165) is 38.9 Å². The SMILES string of the molecule is CCNC1(C(=O)OC)CCC(N2CCC(N(C)C)CC2)C1. The third-order valence-electron chi connectivity index (χ3n) is 5.33. The molecule has 0 radical (unpaired) electrons. The summed E-state index contributed by atoms with van der Waals surface area (Å²) in [7, 11) is 5.84. The molecule has 2 fully saturated rings. The monoisotopic (exact) mass is 297 g/mol. The number of esters is 1. The highest BCUT2D eigenvalue weighted by atomic mass is 16.5. The van der Waals surface area contributed by atoms with Gasteiger partial charge in [-0.2, -0.15) is 0 Å². The lowest BCUT2D eigenvalue weighted by atomic mass is 9.96. The maximum absolute atomic E-state index is 12.2. The Bertz CT molecular complexity index is 353. The van der Waals surface area contributed by atoms with Gasteiger partial charge < -0.3 is 19.9 Å². The second-order valence-electron chi connectivity index (χ2n) is 6.73. The Hall–Kier alpha value is -0.650. The summed E-state index contributed by atoms with van der Waals surface area (Å²) in [6.45, 7) is 5.17. The molecule has 0 aromatic heterocycles. The highest BCUT2D eigenvalue weighted by Gasteiger charge is 2.47. The molecule has 0 amide bonds. The van der Waals surface area contributed by atoms with Crippen LogP contribution in [0.5, 0.6) is 0 Å². The third kappa shape index (κ3) is 3.58. The molecule has 2 unspecified atom stereocenters. The minimum Gasteiger partial charge on any atom is -0.468 e. The number of methoxy groups -OCH3 is 1. The van der Waals surface area contributed by atoms with E-state index in [1.165, 1.54) is 20.0 Å². The number of likely N-dealkylation sites (N-methyl/N-ethyl adjacent to an activating group) is 1. The maximum Gasteiger partial charge on any atom is 0.326 e. The van der Waals surface area contributed by atoms with E-state index in [9.17, 15) is 4.79 Å². The van der Waals surface area contributed by atoms with Crippen LogP contribution in [0.15, 0.2) is 0 Å². The molecule has 21 heavy (non-hydrogen) atoms. The van der Waals surface area contributed by atoms with Crippen molar-refractivity contribution in [3.8, 4) is 0 Å². The van der Waals surface area contributed by atoms with Crippen LogP contribution in [0.2, 0.25) is 0 Å². The first-order chi connectivity index (χ1) is 10.0. The molecular weight excluding hydrogens is 266 g/mol. The molecule has 1 heterocycles. The second kappa shape index (κ2) is 7.07. The van der Waals surface area contributed by atoms with Gasteiger partial charge in [0, 0.05) is 12.1 Å². The highest BCUT2D eigenvalue weighted by molar-refractivity contribution is 5.81. The van der Waals surface area contributed by atoms with E-state index in [1.54, 1.807) is 0 Å². The lowest BCUT2D eigenvalue weighted by Gasteiger charge is -2.39. The van der Waals surface area contributed by atoms with Crippen LogP contribution in [0.3, 0.4) is 0 Å². The van der Waals surface area contributed by atoms with Crippen molar-refractivity contribution < 1.29 is 9.53 Å². The first kappa shape index (κ1) is 16.7. The number of hydrogen-bond donors (Lipinski definition) is 1. The van der Waals surface area contributed by atoms with Crippen LogP contribution in [0.1, 0.15) is 39.0 Å². The van der Waals surface area contributed by atoms with E-state index >= 15 is 0 Å². The van der Waals surface area contributed by atoms with Crippen LogP contribution in [0, 0.1) is 0 Å². The van der Waals surface area contributed by atoms with Gasteiger partial charge in [0.25, 0.3) is 0 Å². The average molecular weight is 297 g/mol. The predicted octanol–water partition coefficient (Wildman–Crippen LogP) is 1.09. The van der Waals surface area contributed by atoms with Crippen LogP contribution in [-0.2, 0) is 9.53 Å². The van der Waals surface area contributed by atoms with Crippen molar-refractivity contribution in [3.63, 3.8) is 0 Å². The normalized spacial score (nSPS) is 31.8. The Morgan fingerprint density at radius 3 is 2.52 bits per heavy atom. The van der Waals surface area contributed by atoms with E-state index in [1.807, 2.05) is 0 Å². The number of likely N-dealkylation sites (tertiary alicyclic amines) is 1. The molecule has 0 aromatic carbocycles. The molecule has 0 aromatic rings. The van der Waals surface area contributed by atoms with Crippen molar-refractivity contribution >= 4 is 5.97 Å². The molecule has 2 aliphatic rings. The predicted molar refractivity (Wildman–Crippen MR) is 84.3 cm³/mol. The summed E-state index contributed by atoms with van der Waals surface area (Å²) in [6.07, 6.45) is 5.34. The van der Waals surface area contributed by atoms with Gasteiger partial charge in [-0.05, 0) is 65.8 Å². The number of nitrogens with zero attached hydrogens (tertiary/aromatic N) is 2. The van der Waals surface area contributed by atoms with Gasteiger partial charge in [0.2, 0.25) is 0 Å². The smallest absolute Gasteiger partial charge is 0.326 e. The standard InChI is InChI=1S/C16H31N3O2/c1-5-17-16(15(20)21-4)9-6-14(12-16)19-10-7-13(8-11-19)18(2)3/h13-14,17H,5-12H2,1-4H3. The van der Waals surface area contributed by atoms with Crippen molar-refractivity contribution in [2.45, 2.75) is 56.7 Å². The topological polar surface area (TPSA) is 44.8 Å². The molecular formula is C16H31N3O2. The number of rotatable bonds is 5. The first-order valence-corrected chi connectivity index (χ1v) is 8.26. The van der Waals surface area contributed by atoms with Crippen LogP contribution >= 0.6 is 0 Å². The average Bonchev–Trinajstić information content (AvgIpc) is 2.92. The lowest BCUT2D eigenvalue weighted by molar-refractivity contribution is -0.148. The Morgan fingerprint density at radius 2 is 2.00 bits per heavy atom. The maximum atomic E-state index is 12.2. The number of ether oxygens (including phenoxy) is 1. The van der Waals surface area contributed by atoms with E-state index in [0.29, 0.717) is 12.1 Å². The van der Waals surface area contributed by atoms with E-state index < -0.39 is 5.54 Å². The Morgan fingerprint density at radius 1 is 1.33 bits per heavy atom. The van der Waals surface area contributed by atoms with Gasteiger partial charge in [-0.25, -0.2) is 0 Å². The summed E-state index contributed by atoms with van der Waals surface area (Å²) in [4.78, 5) is 17.1.